The Labute approximate surface area is 127 Å². The van der Waals surface area contributed by atoms with Gasteiger partial charge in [0.05, 0.1) is 11.5 Å². The minimum atomic E-state index is -0.375. The molecule has 2 aliphatic carbocycles. The quantitative estimate of drug-likeness (QED) is 0.597. The van der Waals surface area contributed by atoms with Crippen LogP contribution in [0.1, 0.15) is 77.0 Å². The third kappa shape index (κ3) is 2.75. The first-order valence-corrected chi connectivity index (χ1v) is 8.76. The van der Waals surface area contributed by atoms with Crippen LogP contribution in [-0.2, 0) is 9.59 Å². The zero-order valence-electron chi connectivity index (χ0n) is 13.0. The summed E-state index contributed by atoms with van der Waals surface area (Å²) in [5.74, 6) is 0.154. The normalized spacial score (nSPS) is 34.0. The number of hydrogen-bond donors (Lipinski definition) is 1. The van der Waals surface area contributed by atoms with Crippen molar-refractivity contribution in [2.75, 3.05) is 0 Å². The van der Waals surface area contributed by atoms with Gasteiger partial charge in [-0.2, -0.15) is 0 Å². The van der Waals surface area contributed by atoms with Crippen molar-refractivity contribution in [2.24, 2.45) is 11.1 Å². The predicted octanol–water partition coefficient (Wildman–Crippen LogP) is 2.75. The average Bonchev–Trinajstić information content (AvgIpc) is 2.70. The molecular formula is C17H28N2O2. The zero-order valence-corrected chi connectivity index (χ0v) is 13.0. The van der Waals surface area contributed by atoms with Crippen LogP contribution in [0.25, 0.3) is 0 Å². The van der Waals surface area contributed by atoms with Crippen molar-refractivity contribution in [3.8, 4) is 0 Å². The summed E-state index contributed by atoms with van der Waals surface area (Å²) in [7, 11) is 0. The van der Waals surface area contributed by atoms with Gasteiger partial charge >= 0.3 is 0 Å². The minimum absolute atomic E-state index is 0.0265. The smallest absolute Gasteiger partial charge is 0.236 e. The van der Waals surface area contributed by atoms with Crippen LogP contribution >= 0.6 is 0 Å². The number of rotatable bonds is 1. The summed E-state index contributed by atoms with van der Waals surface area (Å²) in [5.41, 5.74) is 5.91. The average molecular weight is 292 g/mol. The third-order valence-electron chi connectivity index (χ3n) is 5.85. The van der Waals surface area contributed by atoms with Crippen LogP contribution in [0.2, 0.25) is 0 Å². The van der Waals surface area contributed by atoms with E-state index >= 15 is 0 Å². The first-order chi connectivity index (χ1) is 10.1. The second-order valence-corrected chi connectivity index (χ2v) is 7.31. The number of hydrogen-bond acceptors (Lipinski definition) is 3. The summed E-state index contributed by atoms with van der Waals surface area (Å²) in [4.78, 5) is 27.2. The Hall–Kier alpha value is -0.900. The van der Waals surface area contributed by atoms with E-state index in [9.17, 15) is 9.59 Å². The molecule has 1 spiro atoms. The van der Waals surface area contributed by atoms with Crippen LogP contribution in [0.5, 0.6) is 0 Å². The first-order valence-electron chi connectivity index (χ1n) is 8.76. The van der Waals surface area contributed by atoms with E-state index in [0.717, 1.165) is 51.4 Å². The number of amides is 2. The Balaban J connectivity index is 1.82. The Morgan fingerprint density at radius 1 is 0.905 bits per heavy atom. The van der Waals surface area contributed by atoms with Crippen molar-refractivity contribution < 1.29 is 9.59 Å². The van der Waals surface area contributed by atoms with Gasteiger partial charge in [-0.3, -0.25) is 14.5 Å². The highest BCUT2D eigenvalue weighted by molar-refractivity contribution is 6.06. The highest BCUT2D eigenvalue weighted by Gasteiger charge is 2.53. The number of carbonyl (C=O) groups excluding carboxylic acids is 2. The Morgan fingerprint density at radius 3 is 2.24 bits per heavy atom. The lowest BCUT2D eigenvalue weighted by molar-refractivity contribution is -0.145. The molecule has 2 unspecified atom stereocenters. The molecule has 2 atom stereocenters. The van der Waals surface area contributed by atoms with Gasteiger partial charge in [-0.15, -0.1) is 0 Å². The summed E-state index contributed by atoms with van der Waals surface area (Å²) in [5, 5.41) is 0. The molecule has 118 valence electrons. The highest BCUT2D eigenvalue weighted by atomic mass is 16.2. The summed E-state index contributed by atoms with van der Waals surface area (Å²) < 4.78 is 0. The summed E-state index contributed by atoms with van der Waals surface area (Å²) in [6.45, 7) is 0. The molecule has 1 heterocycles. The van der Waals surface area contributed by atoms with Crippen molar-refractivity contribution in [2.45, 2.75) is 89.1 Å². The molecule has 2 amide bonds. The van der Waals surface area contributed by atoms with E-state index < -0.39 is 0 Å². The molecule has 21 heavy (non-hydrogen) atoms. The molecule has 3 rings (SSSR count). The van der Waals surface area contributed by atoms with Crippen LogP contribution in [0, 0.1) is 5.41 Å². The fourth-order valence-electron chi connectivity index (χ4n) is 4.59. The summed E-state index contributed by atoms with van der Waals surface area (Å²) >= 11 is 0. The molecule has 2 saturated carbocycles. The second kappa shape index (κ2) is 6.07. The molecule has 0 bridgehead atoms. The maximum absolute atomic E-state index is 13.1. The van der Waals surface area contributed by atoms with Crippen LogP contribution in [0.15, 0.2) is 0 Å². The molecule has 0 aromatic rings. The Kier molecular flexibility index (Phi) is 4.34. The number of likely N-dealkylation sites (tertiary alicyclic amines) is 1. The summed E-state index contributed by atoms with van der Waals surface area (Å²) in [6.07, 6.45) is 12.0. The predicted molar refractivity (Wildman–Crippen MR) is 81.5 cm³/mol. The second-order valence-electron chi connectivity index (χ2n) is 7.31. The van der Waals surface area contributed by atoms with E-state index in [1.807, 2.05) is 0 Å². The van der Waals surface area contributed by atoms with Gasteiger partial charge < -0.3 is 5.73 Å². The molecule has 1 aliphatic heterocycles. The minimum Gasteiger partial charge on any atom is -0.326 e. The molecule has 4 nitrogen and oxygen atoms in total. The standard InChI is InChI=1S/C17H28N2O2/c18-13-8-4-3-5-9-14(13)19-15(20)12-17(16(19)21)10-6-1-2-7-11-17/h13-14H,1-12,18H2. The molecule has 1 saturated heterocycles. The third-order valence-corrected chi connectivity index (χ3v) is 5.85. The van der Waals surface area contributed by atoms with Crippen molar-refractivity contribution >= 4 is 11.8 Å². The molecule has 4 heteroatoms. The van der Waals surface area contributed by atoms with Gasteiger partial charge in [-0.1, -0.05) is 44.9 Å². The molecule has 0 radical (unpaired) electrons. The maximum atomic E-state index is 13.1. The van der Waals surface area contributed by atoms with Crippen LogP contribution < -0.4 is 5.73 Å². The molecule has 0 aromatic heterocycles. The molecule has 2 N–H and O–H groups in total. The Morgan fingerprint density at radius 2 is 1.52 bits per heavy atom. The Bertz CT molecular complexity index is 413. The van der Waals surface area contributed by atoms with E-state index in [-0.39, 0.29) is 29.3 Å². The van der Waals surface area contributed by atoms with Gasteiger partial charge in [0.1, 0.15) is 0 Å². The monoisotopic (exact) mass is 292 g/mol. The van der Waals surface area contributed by atoms with E-state index in [0.29, 0.717) is 6.42 Å². The SMILES string of the molecule is NC1CCCCCC1N1C(=O)CC2(CCCCCC2)C1=O. The zero-order chi connectivity index (χ0) is 14.9. The largest absolute Gasteiger partial charge is 0.326 e. The fourth-order valence-corrected chi connectivity index (χ4v) is 4.59. The van der Waals surface area contributed by atoms with E-state index in [1.165, 1.54) is 19.3 Å². The van der Waals surface area contributed by atoms with Gasteiger partial charge in [0.15, 0.2) is 0 Å². The number of nitrogens with two attached hydrogens (primary N) is 1. The number of imide groups is 1. The fraction of sp³-hybridized carbons (Fsp3) is 0.882. The summed E-state index contributed by atoms with van der Waals surface area (Å²) in [6, 6.07) is -0.0727. The van der Waals surface area contributed by atoms with Crippen LogP contribution in [-0.4, -0.2) is 28.8 Å². The van der Waals surface area contributed by atoms with Gasteiger partial charge in [0, 0.05) is 12.5 Å². The lowest BCUT2D eigenvalue weighted by Gasteiger charge is -2.32. The van der Waals surface area contributed by atoms with Crippen molar-refractivity contribution in [1.82, 2.24) is 4.90 Å². The van der Waals surface area contributed by atoms with E-state index in [2.05, 4.69) is 0 Å². The van der Waals surface area contributed by atoms with Crippen molar-refractivity contribution in [3.63, 3.8) is 0 Å². The topological polar surface area (TPSA) is 63.4 Å². The van der Waals surface area contributed by atoms with Crippen molar-refractivity contribution in [3.05, 3.63) is 0 Å². The molecule has 3 aliphatic rings. The van der Waals surface area contributed by atoms with Gasteiger partial charge in [-0.25, -0.2) is 0 Å². The van der Waals surface area contributed by atoms with Gasteiger partial charge in [-0.05, 0) is 25.7 Å². The van der Waals surface area contributed by atoms with E-state index in [4.69, 9.17) is 5.73 Å². The van der Waals surface area contributed by atoms with Gasteiger partial charge in [0.25, 0.3) is 0 Å². The van der Waals surface area contributed by atoms with Gasteiger partial charge in [0.2, 0.25) is 11.8 Å². The van der Waals surface area contributed by atoms with E-state index in [1.54, 1.807) is 4.90 Å². The first kappa shape index (κ1) is 15.0. The molecule has 3 fully saturated rings. The van der Waals surface area contributed by atoms with Crippen molar-refractivity contribution in [1.29, 1.82) is 0 Å². The maximum Gasteiger partial charge on any atom is 0.236 e. The lowest BCUT2D eigenvalue weighted by atomic mass is 9.79. The van der Waals surface area contributed by atoms with Crippen LogP contribution in [0.3, 0.4) is 0 Å². The molecule has 0 aromatic carbocycles. The highest BCUT2D eigenvalue weighted by Crippen LogP contribution is 2.45. The molecular weight excluding hydrogens is 264 g/mol. The lowest BCUT2D eigenvalue weighted by Crippen LogP contribution is -2.51. The number of nitrogens with zero attached hydrogens (tertiary/aromatic N) is 1. The van der Waals surface area contributed by atoms with Crippen LogP contribution in [0.4, 0.5) is 0 Å². The number of carbonyl (C=O) groups is 2.